The third-order valence-electron chi connectivity index (χ3n) is 4.47. The molecule has 0 unspecified atom stereocenters. The van der Waals surface area contributed by atoms with Crippen LogP contribution in [0.1, 0.15) is 26.2 Å². The number of rotatable bonds is 8. The molecule has 0 spiro atoms. The van der Waals surface area contributed by atoms with Gasteiger partial charge in [0.1, 0.15) is 5.75 Å². The van der Waals surface area contributed by atoms with E-state index in [1.165, 1.54) is 0 Å². The molecule has 0 saturated carbocycles. The lowest BCUT2D eigenvalue weighted by Gasteiger charge is -2.32. The number of nitrogens with one attached hydrogen (secondary N) is 2. The lowest BCUT2D eigenvalue weighted by atomic mass is 9.96. The van der Waals surface area contributed by atoms with E-state index in [9.17, 15) is 4.79 Å². The van der Waals surface area contributed by atoms with Gasteiger partial charge in [0.15, 0.2) is 0 Å². The van der Waals surface area contributed by atoms with Crippen molar-refractivity contribution in [3.05, 3.63) is 23.2 Å². The zero-order chi connectivity index (χ0) is 17.4. The molecule has 0 aromatic heterocycles. The Hall–Kier alpha value is -1.46. The molecule has 0 radical (unpaired) electrons. The Balaban J connectivity index is 1.73. The molecule has 134 valence electrons. The number of carbonyl (C=O) groups is 1. The van der Waals surface area contributed by atoms with E-state index in [4.69, 9.17) is 16.3 Å². The summed E-state index contributed by atoms with van der Waals surface area (Å²) in [6, 6.07) is 5.42. The smallest absolute Gasteiger partial charge is 0.224 e. The van der Waals surface area contributed by atoms with E-state index >= 15 is 0 Å². The van der Waals surface area contributed by atoms with Crippen LogP contribution in [0.25, 0.3) is 0 Å². The minimum Gasteiger partial charge on any atom is -0.495 e. The Morgan fingerprint density at radius 2 is 2.12 bits per heavy atom. The Morgan fingerprint density at radius 3 is 2.79 bits per heavy atom. The van der Waals surface area contributed by atoms with Crippen molar-refractivity contribution in [3.63, 3.8) is 0 Å². The fraction of sp³-hybridized carbons (Fsp3) is 0.611. The molecular weight excluding hydrogens is 326 g/mol. The summed E-state index contributed by atoms with van der Waals surface area (Å²) < 4.78 is 5.30. The van der Waals surface area contributed by atoms with E-state index < -0.39 is 0 Å². The number of hydrogen-bond donors (Lipinski definition) is 2. The summed E-state index contributed by atoms with van der Waals surface area (Å²) in [4.78, 5) is 14.3. The second-order valence-electron chi connectivity index (χ2n) is 6.15. The van der Waals surface area contributed by atoms with Gasteiger partial charge in [-0.05, 0) is 50.0 Å². The second kappa shape index (κ2) is 9.74. The third kappa shape index (κ3) is 5.56. The highest BCUT2D eigenvalue weighted by Crippen LogP contribution is 2.27. The third-order valence-corrected chi connectivity index (χ3v) is 4.70. The summed E-state index contributed by atoms with van der Waals surface area (Å²) in [5.41, 5.74) is 0.821. The summed E-state index contributed by atoms with van der Waals surface area (Å²) in [6.07, 6.45) is 2.66. The zero-order valence-electron chi connectivity index (χ0n) is 14.6. The summed E-state index contributed by atoms with van der Waals surface area (Å²) >= 11 is 6.01. The van der Waals surface area contributed by atoms with Crippen LogP contribution >= 0.6 is 11.6 Å². The molecule has 0 bridgehead atoms. The first-order chi connectivity index (χ1) is 11.6. The van der Waals surface area contributed by atoms with Crippen molar-refractivity contribution in [3.8, 4) is 5.75 Å². The number of likely N-dealkylation sites (tertiary alicyclic amines) is 1. The predicted octanol–water partition coefficient (Wildman–Crippen LogP) is 3.00. The molecule has 1 heterocycles. The Bertz CT molecular complexity index is 531. The molecule has 1 aliphatic heterocycles. The van der Waals surface area contributed by atoms with Gasteiger partial charge in [0, 0.05) is 31.1 Å². The van der Waals surface area contributed by atoms with Gasteiger partial charge in [-0.2, -0.15) is 0 Å². The number of amides is 1. The van der Waals surface area contributed by atoms with Gasteiger partial charge in [-0.15, -0.1) is 0 Å². The maximum absolute atomic E-state index is 12.3. The molecule has 24 heavy (non-hydrogen) atoms. The van der Waals surface area contributed by atoms with Gasteiger partial charge in [0.25, 0.3) is 0 Å². The Morgan fingerprint density at radius 1 is 1.38 bits per heavy atom. The van der Waals surface area contributed by atoms with E-state index in [1.54, 1.807) is 13.2 Å². The molecular formula is C18H28ClN3O2. The molecule has 6 heteroatoms. The van der Waals surface area contributed by atoms with Crippen LogP contribution in [-0.4, -0.2) is 50.6 Å². The highest BCUT2D eigenvalue weighted by molar-refractivity contribution is 6.30. The lowest BCUT2D eigenvalue weighted by Crippen LogP contribution is -2.41. The van der Waals surface area contributed by atoms with Gasteiger partial charge in [0.05, 0.1) is 12.8 Å². The molecule has 1 aromatic carbocycles. The van der Waals surface area contributed by atoms with Crippen molar-refractivity contribution in [1.29, 1.82) is 0 Å². The first-order valence-electron chi connectivity index (χ1n) is 8.70. The van der Waals surface area contributed by atoms with Crippen LogP contribution in [0.15, 0.2) is 18.2 Å². The van der Waals surface area contributed by atoms with Gasteiger partial charge in [-0.25, -0.2) is 0 Å². The van der Waals surface area contributed by atoms with Crippen molar-refractivity contribution >= 4 is 23.2 Å². The van der Waals surface area contributed by atoms with Crippen molar-refractivity contribution in [2.75, 3.05) is 45.2 Å². The van der Waals surface area contributed by atoms with E-state index in [-0.39, 0.29) is 5.91 Å². The first-order valence-corrected chi connectivity index (χ1v) is 9.07. The van der Waals surface area contributed by atoms with Crippen LogP contribution in [-0.2, 0) is 4.79 Å². The van der Waals surface area contributed by atoms with E-state index in [0.717, 1.165) is 50.5 Å². The molecule has 1 amide bonds. The van der Waals surface area contributed by atoms with Crippen molar-refractivity contribution in [2.45, 2.75) is 26.2 Å². The van der Waals surface area contributed by atoms with Crippen LogP contribution in [0.5, 0.6) is 5.75 Å². The zero-order valence-corrected chi connectivity index (χ0v) is 15.4. The molecule has 5 nitrogen and oxygen atoms in total. The molecule has 2 N–H and O–H groups in total. The van der Waals surface area contributed by atoms with Crippen LogP contribution in [0.4, 0.5) is 5.69 Å². The number of halogens is 1. The second-order valence-corrected chi connectivity index (χ2v) is 6.59. The quantitative estimate of drug-likeness (QED) is 0.754. The van der Waals surface area contributed by atoms with Crippen LogP contribution < -0.4 is 15.4 Å². The van der Waals surface area contributed by atoms with Gasteiger partial charge in [-0.3, -0.25) is 4.79 Å². The monoisotopic (exact) mass is 353 g/mol. The lowest BCUT2D eigenvalue weighted by molar-refractivity contribution is -0.132. The minimum atomic E-state index is 0.213. The molecule has 0 aliphatic carbocycles. The maximum Gasteiger partial charge on any atom is 0.224 e. The number of anilines is 1. The first kappa shape index (κ1) is 18.9. The average molecular weight is 354 g/mol. The standard InChI is InChI=1S/C18H28ClN3O2/c1-3-20-13-14-7-10-22(11-8-14)18(23)6-9-21-16-12-15(19)4-5-17(16)24-2/h4-5,12,14,20-21H,3,6-11,13H2,1-2H3. The summed E-state index contributed by atoms with van der Waals surface area (Å²) in [5.74, 6) is 1.64. The fourth-order valence-corrected chi connectivity index (χ4v) is 3.19. The van der Waals surface area contributed by atoms with Crippen molar-refractivity contribution in [1.82, 2.24) is 10.2 Å². The minimum absolute atomic E-state index is 0.213. The normalized spacial score (nSPS) is 15.4. The van der Waals surface area contributed by atoms with E-state index in [2.05, 4.69) is 17.6 Å². The number of methoxy groups -OCH3 is 1. The number of hydrogen-bond acceptors (Lipinski definition) is 4. The highest BCUT2D eigenvalue weighted by atomic mass is 35.5. The predicted molar refractivity (Wildman–Crippen MR) is 99.0 cm³/mol. The summed E-state index contributed by atoms with van der Waals surface area (Å²) in [5, 5.41) is 7.28. The number of piperidine rings is 1. The summed E-state index contributed by atoms with van der Waals surface area (Å²) in [7, 11) is 1.62. The number of carbonyl (C=O) groups excluding carboxylic acids is 1. The largest absolute Gasteiger partial charge is 0.495 e. The van der Waals surface area contributed by atoms with Gasteiger partial charge < -0.3 is 20.3 Å². The van der Waals surface area contributed by atoms with Gasteiger partial charge >= 0.3 is 0 Å². The average Bonchev–Trinajstić information content (AvgIpc) is 2.60. The fourth-order valence-electron chi connectivity index (χ4n) is 3.02. The number of nitrogens with zero attached hydrogens (tertiary/aromatic N) is 1. The molecule has 1 saturated heterocycles. The SMILES string of the molecule is CCNCC1CCN(C(=O)CCNc2cc(Cl)ccc2OC)CC1. The molecule has 0 atom stereocenters. The van der Waals surface area contributed by atoms with E-state index in [0.29, 0.717) is 23.9 Å². The van der Waals surface area contributed by atoms with Gasteiger partial charge in [0.2, 0.25) is 5.91 Å². The highest BCUT2D eigenvalue weighted by Gasteiger charge is 2.22. The topological polar surface area (TPSA) is 53.6 Å². The molecule has 1 aromatic rings. The molecule has 1 aliphatic rings. The summed E-state index contributed by atoms with van der Waals surface area (Å²) in [6.45, 7) is 6.52. The van der Waals surface area contributed by atoms with Crippen LogP contribution in [0.2, 0.25) is 5.02 Å². The van der Waals surface area contributed by atoms with Crippen molar-refractivity contribution < 1.29 is 9.53 Å². The van der Waals surface area contributed by atoms with E-state index in [1.807, 2.05) is 17.0 Å². The molecule has 1 fully saturated rings. The van der Waals surface area contributed by atoms with Crippen LogP contribution in [0, 0.1) is 5.92 Å². The van der Waals surface area contributed by atoms with Gasteiger partial charge in [-0.1, -0.05) is 18.5 Å². The number of ether oxygens (including phenoxy) is 1. The van der Waals surface area contributed by atoms with Crippen LogP contribution in [0.3, 0.4) is 0 Å². The Labute approximate surface area is 149 Å². The maximum atomic E-state index is 12.3. The number of benzene rings is 1. The Kier molecular flexibility index (Phi) is 7.66. The van der Waals surface area contributed by atoms with Crippen molar-refractivity contribution in [2.24, 2.45) is 5.92 Å². The molecule has 2 rings (SSSR count).